The van der Waals surface area contributed by atoms with Crippen LogP contribution in [0.5, 0.6) is 0 Å². The Bertz CT molecular complexity index is 1050. The van der Waals surface area contributed by atoms with Crippen molar-refractivity contribution in [2.45, 2.75) is 17.5 Å². The number of fused-ring (bicyclic) bond motifs is 2. The summed E-state index contributed by atoms with van der Waals surface area (Å²) in [6.45, 7) is 0.617. The van der Waals surface area contributed by atoms with Gasteiger partial charge in [0.25, 0.3) is 0 Å². The number of benzene rings is 1. The number of methoxy groups -OCH3 is 1. The molecule has 1 aliphatic carbocycles. The van der Waals surface area contributed by atoms with Crippen LogP contribution in [-0.4, -0.2) is 45.8 Å². The van der Waals surface area contributed by atoms with Crippen LogP contribution in [0.15, 0.2) is 57.0 Å². The molecule has 2 N–H and O–H groups in total. The standard InChI is InChI=1S/C18H17F2N3O4S/c1-26-10-4-12-16(5-10)22-8-17-18(12)23(2-3-27-17)9-13-14(19)6-11(7-15(13)20)28(21,24)25/h4-8,16H,2-3,9H2,1H3,(H2,21,24,25). The molecule has 0 radical (unpaired) electrons. The lowest BCUT2D eigenvalue weighted by Gasteiger charge is -2.36. The number of dihydropyridines is 1. The molecule has 28 heavy (non-hydrogen) atoms. The number of nitrogens with zero attached hydrogens (tertiary/aromatic N) is 2. The minimum atomic E-state index is -4.21. The largest absolute Gasteiger partial charge is 0.497 e. The van der Waals surface area contributed by atoms with Crippen molar-refractivity contribution < 1.29 is 26.7 Å². The second-order valence-corrected chi connectivity index (χ2v) is 8.05. The van der Waals surface area contributed by atoms with Crippen LogP contribution in [-0.2, 0) is 26.0 Å². The molecule has 4 rings (SSSR count). The number of hydrogen-bond donors (Lipinski definition) is 1. The molecule has 148 valence electrons. The predicted octanol–water partition coefficient (Wildman–Crippen LogP) is 1.58. The summed E-state index contributed by atoms with van der Waals surface area (Å²) in [7, 11) is -2.66. The molecule has 0 amide bonds. The van der Waals surface area contributed by atoms with Crippen molar-refractivity contribution >= 4 is 16.2 Å². The maximum absolute atomic E-state index is 14.5. The summed E-state index contributed by atoms with van der Waals surface area (Å²) in [6.07, 6.45) is 5.24. The van der Waals surface area contributed by atoms with Gasteiger partial charge in [-0.3, -0.25) is 4.99 Å². The first-order valence-electron chi connectivity index (χ1n) is 8.41. The van der Waals surface area contributed by atoms with Crippen molar-refractivity contribution in [3.8, 4) is 0 Å². The third kappa shape index (κ3) is 3.18. The normalized spacial score (nSPS) is 21.0. The molecule has 7 nitrogen and oxygen atoms in total. The average Bonchev–Trinajstić information content (AvgIpc) is 3.07. The van der Waals surface area contributed by atoms with Gasteiger partial charge in [-0.15, -0.1) is 0 Å². The summed E-state index contributed by atoms with van der Waals surface area (Å²) in [4.78, 5) is 5.58. The highest BCUT2D eigenvalue weighted by Crippen LogP contribution is 2.36. The van der Waals surface area contributed by atoms with Gasteiger partial charge in [0, 0.05) is 17.7 Å². The number of hydrogen-bond acceptors (Lipinski definition) is 6. The number of allylic oxidation sites excluding steroid dienone is 2. The van der Waals surface area contributed by atoms with Crippen molar-refractivity contribution in [1.29, 1.82) is 0 Å². The number of primary sulfonamides is 1. The molecule has 1 aromatic rings. The zero-order chi connectivity index (χ0) is 20.1. The Morgan fingerprint density at radius 2 is 2.07 bits per heavy atom. The van der Waals surface area contributed by atoms with E-state index < -0.39 is 26.6 Å². The minimum Gasteiger partial charge on any atom is -0.497 e. The number of ether oxygens (including phenoxy) is 2. The van der Waals surface area contributed by atoms with Crippen molar-refractivity contribution in [2.24, 2.45) is 10.1 Å². The van der Waals surface area contributed by atoms with Crippen molar-refractivity contribution in [2.75, 3.05) is 20.3 Å². The molecule has 2 aliphatic heterocycles. The van der Waals surface area contributed by atoms with Crippen LogP contribution < -0.4 is 5.14 Å². The number of aliphatic imine (C=N–C) groups is 1. The zero-order valence-electron chi connectivity index (χ0n) is 14.9. The molecule has 1 unspecified atom stereocenters. The lowest BCUT2D eigenvalue weighted by Crippen LogP contribution is -2.37. The van der Waals surface area contributed by atoms with Crippen LogP contribution in [0.3, 0.4) is 0 Å². The van der Waals surface area contributed by atoms with Crippen molar-refractivity contribution in [3.63, 3.8) is 0 Å². The first-order valence-corrected chi connectivity index (χ1v) is 9.96. The molecule has 1 aromatic carbocycles. The van der Waals surface area contributed by atoms with E-state index in [1.165, 1.54) is 0 Å². The van der Waals surface area contributed by atoms with E-state index in [-0.39, 0.29) is 18.2 Å². The van der Waals surface area contributed by atoms with Crippen LogP contribution in [0.2, 0.25) is 0 Å². The molecule has 0 saturated carbocycles. The van der Waals surface area contributed by atoms with Crippen LogP contribution in [0, 0.1) is 11.6 Å². The maximum atomic E-state index is 14.5. The van der Waals surface area contributed by atoms with Gasteiger partial charge in [-0.1, -0.05) is 0 Å². The van der Waals surface area contributed by atoms with Crippen LogP contribution in [0.25, 0.3) is 0 Å². The van der Waals surface area contributed by atoms with Gasteiger partial charge in [0.2, 0.25) is 10.0 Å². The first kappa shape index (κ1) is 18.6. The van der Waals surface area contributed by atoms with Gasteiger partial charge in [0.05, 0.1) is 36.5 Å². The fourth-order valence-electron chi connectivity index (χ4n) is 3.41. The van der Waals surface area contributed by atoms with Gasteiger partial charge in [0.15, 0.2) is 5.76 Å². The van der Waals surface area contributed by atoms with E-state index in [0.717, 1.165) is 17.7 Å². The molecule has 1 atom stereocenters. The Morgan fingerprint density at radius 1 is 1.36 bits per heavy atom. The number of nitrogens with two attached hydrogens (primary N) is 1. The van der Waals surface area contributed by atoms with E-state index in [1.807, 2.05) is 12.2 Å². The monoisotopic (exact) mass is 409 g/mol. The summed E-state index contributed by atoms with van der Waals surface area (Å²) < 4.78 is 62.7. The van der Waals surface area contributed by atoms with E-state index in [1.54, 1.807) is 18.2 Å². The Balaban J connectivity index is 1.70. The SMILES string of the molecule is COC1=CC2N=CC3=C(C2=C1)N(Cc1c(F)cc(S(N)(=O)=O)cc1F)CCO3. The average molecular weight is 409 g/mol. The molecule has 0 fully saturated rings. The van der Waals surface area contributed by atoms with E-state index in [9.17, 15) is 17.2 Å². The first-order chi connectivity index (χ1) is 13.3. The van der Waals surface area contributed by atoms with Crippen LogP contribution in [0.4, 0.5) is 8.78 Å². The molecular weight excluding hydrogens is 392 g/mol. The Morgan fingerprint density at radius 3 is 2.71 bits per heavy atom. The van der Waals surface area contributed by atoms with Crippen molar-refractivity contribution in [3.05, 3.63) is 64.3 Å². The highest BCUT2D eigenvalue weighted by Gasteiger charge is 2.34. The molecule has 2 heterocycles. The quantitative estimate of drug-likeness (QED) is 0.815. The zero-order valence-corrected chi connectivity index (χ0v) is 15.7. The second-order valence-electron chi connectivity index (χ2n) is 6.49. The van der Waals surface area contributed by atoms with Crippen molar-refractivity contribution in [1.82, 2.24) is 4.90 Å². The number of halogens is 2. The molecular formula is C18H17F2N3O4S. The Kier molecular flexibility index (Phi) is 4.47. The van der Waals surface area contributed by atoms with E-state index in [2.05, 4.69) is 4.99 Å². The summed E-state index contributed by atoms with van der Waals surface area (Å²) in [6, 6.07) is 1.21. The third-order valence-electron chi connectivity index (χ3n) is 4.76. The van der Waals surface area contributed by atoms with E-state index in [0.29, 0.717) is 30.4 Å². The lowest BCUT2D eigenvalue weighted by atomic mass is 10.0. The summed E-state index contributed by atoms with van der Waals surface area (Å²) in [5.74, 6) is -0.794. The van der Waals surface area contributed by atoms with E-state index in [4.69, 9.17) is 14.6 Å². The molecule has 10 heteroatoms. The van der Waals surface area contributed by atoms with Crippen LogP contribution in [0.1, 0.15) is 5.56 Å². The predicted molar refractivity (Wildman–Crippen MR) is 96.6 cm³/mol. The van der Waals surface area contributed by atoms with Gasteiger partial charge in [-0.2, -0.15) is 0 Å². The van der Waals surface area contributed by atoms with Crippen LogP contribution >= 0.6 is 0 Å². The summed E-state index contributed by atoms with van der Waals surface area (Å²) in [5.41, 5.74) is 1.25. The fraction of sp³-hybridized carbons (Fsp3) is 0.278. The molecule has 0 spiro atoms. The Hall–Kier alpha value is -2.72. The molecule has 0 aromatic heterocycles. The fourth-order valence-corrected chi connectivity index (χ4v) is 3.94. The molecule has 0 saturated heterocycles. The Labute approximate surface area is 160 Å². The smallest absolute Gasteiger partial charge is 0.238 e. The van der Waals surface area contributed by atoms with Gasteiger partial charge in [0.1, 0.15) is 24.0 Å². The van der Waals surface area contributed by atoms with Gasteiger partial charge in [-0.25, -0.2) is 22.3 Å². The highest BCUT2D eigenvalue weighted by molar-refractivity contribution is 7.89. The lowest BCUT2D eigenvalue weighted by molar-refractivity contribution is 0.140. The summed E-state index contributed by atoms with van der Waals surface area (Å²) >= 11 is 0. The minimum absolute atomic E-state index is 0.106. The van der Waals surface area contributed by atoms with Gasteiger partial charge >= 0.3 is 0 Å². The number of rotatable bonds is 4. The molecule has 3 aliphatic rings. The second kappa shape index (κ2) is 6.71. The molecule has 0 bridgehead atoms. The third-order valence-corrected chi connectivity index (χ3v) is 5.65. The topological polar surface area (TPSA) is 94.2 Å². The maximum Gasteiger partial charge on any atom is 0.238 e. The summed E-state index contributed by atoms with van der Waals surface area (Å²) in [5, 5.41) is 4.97. The van der Waals surface area contributed by atoms with Gasteiger partial charge < -0.3 is 14.4 Å². The van der Waals surface area contributed by atoms with Gasteiger partial charge in [-0.05, 0) is 24.3 Å². The number of sulfonamides is 1. The van der Waals surface area contributed by atoms with E-state index >= 15 is 0 Å². The highest BCUT2D eigenvalue weighted by atomic mass is 32.2.